The van der Waals surface area contributed by atoms with Crippen LogP contribution in [0.2, 0.25) is 0 Å². The Morgan fingerprint density at radius 2 is 1.86 bits per heavy atom. The minimum Gasteiger partial charge on any atom is -0.616 e. The molecule has 190 valence electrons. The highest BCUT2D eigenvalue weighted by molar-refractivity contribution is 7.98. The molecule has 0 saturated carbocycles. The lowest BCUT2D eigenvalue weighted by Crippen LogP contribution is -2.38. The van der Waals surface area contributed by atoms with Gasteiger partial charge in [0.2, 0.25) is 0 Å². The number of pyridine rings is 1. The predicted octanol–water partition coefficient (Wildman–Crippen LogP) is 6.15. The highest BCUT2D eigenvalue weighted by Crippen LogP contribution is 2.38. The highest BCUT2D eigenvalue weighted by Gasteiger charge is 2.25. The lowest BCUT2D eigenvalue weighted by molar-refractivity contribution is -0.385. The number of nitrogens with zero attached hydrogens (tertiary/aromatic N) is 4. The second-order valence-electron chi connectivity index (χ2n) is 9.15. The summed E-state index contributed by atoms with van der Waals surface area (Å²) in [4.78, 5) is 19.1. The summed E-state index contributed by atoms with van der Waals surface area (Å²) < 4.78 is 13.8. The number of hydrogen-bond donors (Lipinski definition) is 0. The Morgan fingerprint density at radius 1 is 1.16 bits per heavy atom. The van der Waals surface area contributed by atoms with Gasteiger partial charge in [-0.25, -0.2) is 4.98 Å². The molecule has 7 nitrogen and oxygen atoms in total. The summed E-state index contributed by atoms with van der Waals surface area (Å²) in [5.74, 6) is 0. The largest absolute Gasteiger partial charge is 0.616 e. The Hall–Kier alpha value is -3.11. The first kappa shape index (κ1) is 25.5. The van der Waals surface area contributed by atoms with Crippen LogP contribution in [-0.2, 0) is 17.7 Å². The average molecular weight is 533 g/mol. The zero-order valence-electron chi connectivity index (χ0n) is 20.6. The maximum absolute atomic E-state index is 11.8. The minimum absolute atomic E-state index is 0.0538. The van der Waals surface area contributed by atoms with Crippen molar-refractivity contribution in [1.82, 2.24) is 13.9 Å². The molecular weight excluding hydrogens is 504 g/mol. The first-order chi connectivity index (χ1) is 17.9. The zero-order valence-corrected chi connectivity index (χ0v) is 22.2. The van der Waals surface area contributed by atoms with Gasteiger partial charge in [0.1, 0.15) is 11.4 Å². The fourth-order valence-corrected chi connectivity index (χ4v) is 6.66. The monoisotopic (exact) mass is 532 g/mol. The van der Waals surface area contributed by atoms with Crippen molar-refractivity contribution in [3.05, 3.63) is 94.7 Å². The van der Waals surface area contributed by atoms with Crippen LogP contribution in [0.3, 0.4) is 0 Å². The third-order valence-electron chi connectivity index (χ3n) is 6.81. The van der Waals surface area contributed by atoms with Gasteiger partial charge >= 0.3 is 0 Å². The van der Waals surface area contributed by atoms with Gasteiger partial charge in [-0.15, -0.1) is 0 Å². The fourth-order valence-electron chi connectivity index (χ4n) is 4.81. The molecular formula is C28H28N4O3S2. The summed E-state index contributed by atoms with van der Waals surface area (Å²) in [5.41, 5.74) is 4.21. The molecule has 2 aromatic carbocycles. The summed E-state index contributed by atoms with van der Waals surface area (Å²) in [6.07, 6.45) is 6.60. The van der Waals surface area contributed by atoms with Crippen molar-refractivity contribution in [2.45, 2.75) is 29.5 Å². The van der Waals surface area contributed by atoms with Gasteiger partial charge in [-0.05, 0) is 41.3 Å². The van der Waals surface area contributed by atoms with Crippen LogP contribution in [-0.4, -0.2) is 47.9 Å². The molecule has 1 fully saturated rings. The van der Waals surface area contributed by atoms with Gasteiger partial charge in [-0.3, -0.25) is 19.0 Å². The van der Waals surface area contributed by atoms with E-state index in [1.165, 1.54) is 29.8 Å². The van der Waals surface area contributed by atoms with Crippen LogP contribution in [0.25, 0.3) is 28.4 Å². The molecule has 1 atom stereocenters. The molecule has 0 spiro atoms. The molecule has 0 amide bonds. The van der Waals surface area contributed by atoms with Gasteiger partial charge in [0.05, 0.1) is 22.4 Å². The molecule has 5 rings (SSSR count). The van der Waals surface area contributed by atoms with E-state index in [1.807, 2.05) is 40.4 Å². The third kappa shape index (κ3) is 5.45. The van der Waals surface area contributed by atoms with Crippen molar-refractivity contribution in [2.24, 2.45) is 0 Å². The van der Waals surface area contributed by atoms with E-state index in [-0.39, 0.29) is 5.69 Å². The number of nitro groups is 1. The molecule has 37 heavy (non-hydrogen) atoms. The normalized spacial score (nSPS) is 15.6. The standard InChI is InChI=1S/C28H28N4O3S2/c1-3-24-25-17-26(21-11-9-20(10-12-21)19-30-15-13-23(14-16-30)37(2)35)31(36-22-7-5-4-6-8-22)28(25)29-18-27(24)32(33)34/h3-12,17-18,23H,1,13-16,19H2,2H3. The molecule has 1 unspecified atom stereocenters. The molecule has 4 aromatic rings. The summed E-state index contributed by atoms with van der Waals surface area (Å²) in [6, 6.07) is 20.4. The number of benzene rings is 2. The Labute approximate surface area is 223 Å². The van der Waals surface area contributed by atoms with Crippen LogP contribution < -0.4 is 0 Å². The topological polar surface area (TPSA) is 87.3 Å². The van der Waals surface area contributed by atoms with E-state index < -0.39 is 16.1 Å². The van der Waals surface area contributed by atoms with Crippen molar-refractivity contribution in [2.75, 3.05) is 19.3 Å². The highest BCUT2D eigenvalue weighted by atomic mass is 32.2. The van der Waals surface area contributed by atoms with Crippen LogP contribution in [0, 0.1) is 10.1 Å². The Balaban J connectivity index is 1.48. The molecule has 0 bridgehead atoms. The lowest BCUT2D eigenvalue weighted by atomic mass is 10.1. The number of piperidine rings is 1. The van der Waals surface area contributed by atoms with Crippen LogP contribution in [0.15, 0.2) is 78.3 Å². The van der Waals surface area contributed by atoms with Crippen molar-refractivity contribution in [1.29, 1.82) is 0 Å². The molecule has 9 heteroatoms. The molecule has 0 radical (unpaired) electrons. The van der Waals surface area contributed by atoms with E-state index in [2.05, 4.69) is 40.7 Å². The van der Waals surface area contributed by atoms with Gasteiger partial charge in [0, 0.05) is 42.8 Å². The smallest absolute Gasteiger partial charge is 0.295 e. The number of aromatic nitrogens is 2. The van der Waals surface area contributed by atoms with E-state index in [1.54, 1.807) is 6.26 Å². The second-order valence-corrected chi connectivity index (χ2v) is 11.8. The van der Waals surface area contributed by atoms with Crippen LogP contribution in [0.5, 0.6) is 0 Å². The summed E-state index contributed by atoms with van der Waals surface area (Å²) in [5, 5.41) is 12.6. The first-order valence-electron chi connectivity index (χ1n) is 12.1. The van der Waals surface area contributed by atoms with E-state index in [0.717, 1.165) is 48.6 Å². The van der Waals surface area contributed by atoms with E-state index in [9.17, 15) is 14.7 Å². The molecule has 0 N–H and O–H groups in total. The molecule has 3 heterocycles. The van der Waals surface area contributed by atoms with Crippen LogP contribution >= 0.6 is 11.9 Å². The lowest BCUT2D eigenvalue weighted by Gasteiger charge is -2.31. The molecule has 1 aliphatic rings. The predicted molar refractivity (Wildman–Crippen MR) is 152 cm³/mol. The SMILES string of the molecule is C=Cc1c([N+](=O)[O-])cnc2c1cc(-c1ccc(CN3CCC([S+](C)[O-])CC3)cc1)n2Sc1ccccc1. The maximum atomic E-state index is 11.8. The third-order valence-corrected chi connectivity index (χ3v) is 9.25. The van der Waals surface area contributed by atoms with E-state index in [0.29, 0.717) is 21.8 Å². The summed E-state index contributed by atoms with van der Waals surface area (Å²) >= 11 is 0.782. The van der Waals surface area contributed by atoms with Gasteiger partial charge in [-0.2, -0.15) is 0 Å². The molecule has 0 aliphatic carbocycles. The quantitative estimate of drug-likeness (QED) is 0.154. The van der Waals surface area contributed by atoms with E-state index >= 15 is 0 Å². The minimum atomic E-state index is -0.748. The van der Waals surface area contributed by atoms with Crippen molar-refractivity contribution < 1.29 is 9.48 Å². The molecule has 1 aliphatic heterocycles. The van der Waals surface area contributed by atoms with Crippen molar-refractivity contribution in [3.8, 4) is 11.3 Å². The summed E-state index contributed by atoms with van der Waals surface area (Å²) in [7, 11) is 0. The van der Waals surface area contributed by atoms with Gasteiger partial charge in [-0.1, -0.05) is 66.3 Å². The fraction of sp³-hybridized carbons (Fsp3) is 0.250. The van der Waals surface area contributed by atoms with Gasteiger partial charge < -0.3 is 4.55 Å². The van der Waals surface area contributed by atoms with E-state index in [4.69, 9.17) is 0 Å². The maximum Gasteiger partial charge on any atom is 0.295 e. The number of rotatable bonds is 8. The van der Waals surface area contributed by atoms with Crippen LogP contribution in [0.1, 0.15) is 24.0 Å². The van der Waals surface area contributed by atoms with Gasteiger partial charge in [0.15, 0.2) is 5.65 Å². The second kappa shape index (κ2) is 11.1. The first-order valence-corrected chi connectivity index (χ1v) is 14.5. The number of hydrogen-bond acceptors (Lipinski definition) is 6. The Kier molecular flexibility index (Phi) is 7.66. The average Bonchev–Trinajstić information content (AvgIpc) is 3.27. The van der Waals surface area contributed by atoms with Crippen LogP contribution in [0.4, 0.5) is 5.69 Å². The van der Waals surface area contributed by atoms with Crippen molar-refractivity contribution >= 4 is 45.9 Å². The summed E-state index contributed by atoms with van der Waals surface area (Å²) in [6.45, 7) is 6.61. The van der Waals surface area contributed by atoms with Crippen molar-refractivity contribution in [3.63, 3.8) is 0 Å². The zero-order chi connectivity index (χ0) is 25.9. The number of likely N-dealkylation sites (tertiary alicyclic amines) is 1. The Morgan fingerprint density at radius 3 is 2.49 bits per heavy atom. The van der Waals surface area contributed by atoms with Gasteiger partial charge in [0.25, 0.3) is 5.69 Å². The Bertz CT molecular complexity index is 1410. The number of fused-ring (bicyclic) bond motifs is 1. The molecule has 1 saturated heterocycles. The molecule has 2 aromatic heterocycles.